The summed E-state index contributed by atoms with van der Waals surface area (Å²) in [7, 11) is 1.32. The number of nitrogens with one attached hydrogen (secondary N) is 1. The van der Waals surface area contributed by atoms with Gasteiger partial charge in [0, 0.05) is 18.5 Å². The van der Waals surface area contributed by atoms with Crippen LogP contribution in [0.25, 0.3) is 0 Å². The van der Waals surface area contributed by atoms with Crippen molar-refractivity contribution in [3.63, 3.8) is 0 Å². The molecule has 18 heavy (non-hydrogen) atoms. The lowest BCUT2D eigenvalue weighted by Gasteiger charge is -2.05. The standard InChI is InChI=1S/C13H16FNO3/c1-9-5-6-10(8-11(9)14)13(17)15-7-3-4-12(16)18-2/h5-6,8H,3-4,7H2,1-2H3,(H,15,17). The first-order chi connectivity index (χ1) is 8.54. The number of amides is 1. The number of hydrogen-bond donors (Lipinski definition) is 1. The monoisotopic (exact) mass is 253 g/mol. The van der Waals surface area contributed by atoms with Crippen molar-refractivity contribution in [1.82, 2.24) is 5.32 Å². The Morgan fingerprint density at radius 2 is 2.11 bits per heavy atom. The third-order valence-corrected chi connectivity index (χ3v) is 2.50. The summed E-state index contributed by atoms with van der Waals surface area (Å²) in [6, 6.07) is 4.32. The molecule has 1 amide bonds. The van der Waals surface area contributed by atoms with Crippen LogP contribution in [0.3, 0.4) is 0 Å². The molecular weight excluding hydrogens is 237 g/mol. The van der Waals surface area contributed by atoms with Crippen molar-refractivity contribution in [3.05, 3.63) is 35.1 Å². The van der Waals surface area contributed by atoms with E-state index in [1.165, 1.54) is 13.2 Å². The van der Waals surface area contributed by atoms with E-state index >= 15 is 0 Å². The molecule has 5 heteroatoms. The number of methoxy groups -OCH3 is 1. The summed E-state index contributed by atoms with van der Waals surface area (Å²) in [5, 5.41) is 2.61. The quantitative estimate of drug-likeness (QED) is 0.643. The van der Waals surface area contributed by atoms with Gasteiger partial charge in [-0.15, -0.1) is 0 Å². The van der Waals surface area contributed by atoms with E-state index in [0.717, 1.165) is 0 Å². The van der Waals surface area contributed by atoms with Gasteiger partial charge >= 0.3 is 5.97 Å². The number of benzene rings is 1. The molecule has 0 spiro atoms. The first kappa shape index (κ1) is 14.2. The number of carbonyl (C=O) groups is 2. The lowest BCUT2D eigenvalue weighted by Crippen LogP contribution is -2.25. The fourth-order valence-electron chi connectivity index (χ4n) is 1.37. The van der Waals surface area contributed by atoms with Crippen LogP contribution in [0.4, 0.5) is 4.39 Å². The third-order valence-electron chi connectivity index (χ3n) is 2.50. The Morgan fingerprint density at radius 1 is 1.39 bits per heavy atom. The van der Waals surface area contributed by atoms with Gasteiger partial charge in [0.15, 0.2) is 0 Å². The normalized spacial score (nSPS) is 9.94. The van der Waals surface area contributed by atoms with Crippen LogP contribution in [0.1, 0.15) is 28.8 Å². The first-order valence-corrected chi connectivity index (χ1v) is 5.65. The van der Waals surface area contributed by atoms with Gasteiger partial charge in [0.05, 0.1) is 7.11 Å². The topological polar surface area (TPSA) is 55.4 Å². The van der Waals surface area contributed by atoms with Gasteiger partial charge in [-0.05, 0) is 31.0 Å². The van der Waals surface area contributed by atoms with Gasteiger partial charge in [-0.1, -0.05) is 6.07 Å². The first-order valence-electron chi connectivity index (χ1n) is 5.65. The van der Waals surface area contributed by atoms with Crippen molar-refractivity contribution in [3.8, 4) is 0 Å². The summed E-state index contributed by atoms with van der Waals surface area (Å²) in [4.78, 5) is 22.5. The molecular formula is C13H16FNO3. The predicted octanol–water partition coefficient (Wildman–Crippen LogP) is 1.82. The van der Waals surface area contributed by atoms with Gasteiger partial charge in [-0.25, -0.2) is 4.39 Å². The van der Waals surface area contributed by atoms with Crippen molar-refractivity contribution in [2.24, 2.45) is 0 Å². The minimum Gasteiger partial charge on any atom is -0.469 e. The number of aryl methyl sites for hydroxylation is 1. The number of esters is 1. The molecule has 0 saturated heterocycles. The Bertz CT molecular complexity index is 446. The zero-order valence-electron chi connectivity index (χ0n) is 10.5. The average molecular weight is 253 g/mol. The molecule has 4 nitrogen and oxygen atoms in total. The summed E-state index contributed by atoms with van der Waals surface area (Å²) in [5.41, 5.74) is 0.772. The molecule has 0 heterocycles. The summed E-state index contributed by atoms with van der Waals surface area (Å²) in [5.74, 6) is -1.07. The van der Waals surface area contributed by atoms with Gasteiger partial charge in [0.2, 0.25) is 0 Å². The van der Waals surface area contributed by atoms with Crippen LogP contribution in [0.5, 0.6) is 0 Å². The zero-order valence-corrected chi connectivity index (χ0v) is 10.5. The maximum Gasteiger partial charge on any atom is 0.305 e. The molecule has 1 aromatic rings. The molecule has 0 saturated carbocycles. The summed E-state index contributed by atoms with van der Waals surface area (Å²) >= 11 is 0. The highest BCUT2D eigenvalue weighted by Gasteiger charge is 2.07. The van der Waals surface area contributed by atoms with E-state index in [9.17, 15) is 14.0 Å². The smallest absolute Gasteiger partial charge is 0.305 e. The maximum absolute atomic E-state index is 13.2. The van der Waals surface area contributed by atoms with Crippen LogP contribution in [0.2, 0.25) is 0 Å². The second-order valence-corrected chi connectivity index (χ2v) is 3.90. The molecule has 98 valence electrons. The van der Waals surface area contributed by atoms with Crippen LogP contribution in [0, 0.1) is 12.7 Å². The van der Waals surface area contributed by atoms with E-state index in [-0.39, 0.29) is 23.9 Å². The van der Waals surface area contributed by atoms with E-state index in [1.807, 2.05) is 0 Å². The van der Waals surface area contributed by atoms with Gasteiger partial charge < -0.3 is 10.1 Å². The van der Waals surface area contributed by atoms with E-state index < -0.39 is 5.82 Å². The predicted molar refractivity (Wildman–Crippen MR) is 64.7 cm³/mol. The SMILES string of the molecule is COC(=O)CCCNC(=O)c1ccc(C)c(F)c1. The van der Waals surface area contributed by atoms with Crippen LogP contribution in [-0.4, -0.2) is 25.5 Å². The summed E-state index contributed by atoms with van der Waals surface area (Å²) < 4.78 is 17.7. The highest BCUT2D eigenvalue weighted by Crippen LogP contribution is 2.08. The molecule has 0 atom stereocenters. The Morgan fingerprint density at radius 3 is 2.72 bits per heavy atom. The molecule has 0 fully saturated rings. The third kappa shape index (κ3) is 4.16. The van der Waals surface area contributed by atoms with Crippen molar-refractivity contribution in [1.29, 1.82) is 0 Å². The number of rotatable bonds is 5. The van der Waals surface area contributed by atoms with Gasteiger partial charge in [0.1, 0.15) is 5.82 Å². The second-order valence-electron chi connectivity index (χ2n) is 3.90. The van der Waals surface area contributed by atoms with Gasteiger partial charge in [-0.3, -0.25) is 9.59 Å². The minimum absolute atomic E-state index is 0.249. The van der Waals surface area contributed by atoms with Crippen LogP contribution in [0.15, 0.2) is 18.2 Å². The molecule has 0 aliphatic carbocycles. The average Bonchev–Trinajstić information content (AvgIpc) is 2.37. The fraction of sp³-hybridized carbons (Fsp3) is 0.385. The molecule has 0 aliphatic rings. The van der Waals surface area contributed by atoms with E-state index in [2.05, 4.69) is 10.1 Å². The van der Waals surface area contributed by atoms with E-state index in [4.69, 9.17) is 0 Å². The summed E-state index contributed by atoms with van der Waals surface area (Å²) in [6.45, 7) is 1.98. The Balaban J connectivity index is 2.41. The van der Waals surface area contributed by atoms with Crippen molar-refractivity contribution in [2.75, 3.05) is 13.7 Å². The lowest BCUT2D eigenvalue weighted by atomic mass is 10.1. The van der Waals surface area contributed by atoms with Crippen molar-refractivity contribution >= 4 is 11.9 Å². The molecule has 0 aliphatic heterocycles. The highest BCUT2D eigenvalue weighted by atomic mass is 19.1. The largest absolute Gasteiger partial charge is 0.469 e. The van der Waals surface area contributed by atoms with Crippen molar-refractivity contribution < 1.29 is 18.7 Å². The molecule has 0 radical (unpaired) electrons. The molecule has 1 N–H and O–H groups in total. The van der Waals surface area contributed by atoms with Crippen LogP contribution in [-0.2, 0) is 9.53 Å². The Hall–Kier alpha value is -1.91. The molecule has 0 aromatic heterocycles. The lowest BCUT2D eigenvalue weighted by molar-refractivity contribution is -0.140. The summed E-state index contributed by atoms with van der Waals surface area (Å²) in [6.07, 6.45) is 0.742. The highest BCUT2D eigenvalue weighted by molar-refractivity contribution is 5.94. The molecule has 0 bridgehead atoms. The van der Waals surface area contributed by atoms with Crippen molar-refractivity contribution in [2.45, 2.75) is 19.8 Å². The second kappa shape index (κ2) is 6.74. The number of halogens is 1. The maximum atomic E-state index is 13.2. The van der Waals surface area contributed by atoms with E-state index in [1.54, 1.807) is 19.1 Å². The molecule has 1 aromatic carbocycles. The van der Waals surface area contributed by atoms with Gasteiger partial charge in [0.25, 0.3) is 5.91 Å². The number of hydrogen-bond acceptors (Lipinski definition) is 3. The Kier molecular flexibility index (Phi) is 5.30. The van der Waals surface area contributed by atoms with Crippen LogP contribution < -0.4 is 5.32 Å². The molecule has 1 rings (SSSR count). The van der Waals surface area contributed by atoms with E-state index in [0.29, 0.717) is 18.5 Å². The van der Waals surface area contributed by atoms with Gasteiger partial charge in [-0.2, -0.15) is 0 Å². The molecule has 0 unspecified atom stereocenters. The fourth-order valence-corrected chi connectivity index (χ4v) is 1.37. The minimum atomic E-state index is -0.405. The zero-order chi connectivity index (χ0) is 13.5. The van der Waals surface area contributed by atoms with Crippen LogP contribution >= 0.6 is 0 Å². The number of ether oxygens (including phenoxy) is 1. The number of carbonyl (C=O) groups excluding carboxylic acids is 2. The Labute approximate surface area is 105 Å².